The van der Waals surface area contributed by atoms with E-state index < -0.39 is 23.9 Å². The van der Waals surface area contributed by atoms with Crippen LogP contribution in [0.1, 0.15) is 27.7 Å². The molecule has 3 aromatic carbocycles. The van der Waals surface area contributed by atoms with Crippen LogP contribution in [0.5, 0.6) is 23.0 Å². The molecule has 0 amide bonds. The molecule has 11 heteroatoms. The van der Waals surface area contributed by atoms with E-state index in [0.717, 1.165) is 0 Å². The van der Waals surface area contributed by atoms with Gasteiger partial charge in [0.25, 0.3) is 0 Å². The maximum Gasteiger partial charge on any atom is 0.308 e. The molecule has 0 saturated carbocycles. The molecule has 4 aromatic rings. The molecule has 0 unspecified atom stereocenters. The van der Waals surface area contributed by atoms with Crippen molar-refractivity contribution >= 4 is 35.5 Å². The fourth-order valence-electron chi connectivity index (χ4n) is 3.95. The first-order chi connectivity index (χ1) is 19.0. The zero-order valence-electron chi connectivity index (χ0n) is 21.9. The molecule has 1 aromatic heterocycles. The van der Waals surface area contributed by atoms with Gasteiger partial charge in [0.2, 0.25) is 0 Å². The molecule has 40 heavy (non-hydrogen) atoms. The fourth-order valence-corrected chi connectivity index (χ4v) is 4.15. The number of carbonyl (C=O) groups is 4. The molecule has 0 spiro atoms. The second kappa shape index (κ2) is 11.8. The maximum absolute atomic E-state index is 12.0. The molecule has 0 aliphatic carbocycles. The summed E-state index contributed by atoms with van der Waals surface area (Å²) in [5.41, 5.74) is 1.67. The molecule has 0 aliphatic heterocycles. The Balaban J connectivity index is 2.09. The Labute approximate surface area is 234 Å². The summed E-state index contributed by atoms with van der Waals surface area (Å²) in [6.07, 6.45) is 0. The average Bonchev–Trinajstić information content (AvgIpc) is 3.27. The third-order valence-corrected chi connectivity index (χ3v) is 5.47. The first-order valence-corrected chi connectivity index (χ1v) is 12.3. The number of halogens is 1. The van der Waals surface area contributed by atoms with Gasteiger partial charge in [-0.05, 0) is 18.2 Å². The summed E-state index contributed by atoms with van der Waals surface area (Å²) in [4.78, 5) is 47.9. The third kappa shape index (κ3) is 6.36. The van der Waals surface area contributed by atoms with Crippen molar-refractivity contribution in [2.75, 3.05) is 0 Å². The molecule has 10 nitrogen and oxygen atoms in total. The first kappa shape index (κ1) is 28.1. The molecule has 204 valence electrons. The lowest BCUT2D eigenvalue weighted by molar-refractivity contribution is -0.133. The van der Waals surface area contributed by atoms with Crippen molar-refractivity contribution in [3.63, 3.8) is 0 Å². The number of nitrogens with zero attached hydrogens (tertiary/aromatic N) is 2. The Hall–Kier alpha value is -4.96. The predicted molar refractivity (Wildman–Crippen MR) is 145 cm³/mol. The minimum Gasteiger partial charge on any atom is -0.426 e. The van der Waals surface area contributed by atoms with E-state index in [1.165, 1.54) is 56.6 Å². The lowest BCUT2D eigenvalue weighted by atomic mass is 10.1. The van der Waals surface area contributed by atoms with E-state index in [2.05, 4.69) is 0 Å². The fraction of sp³-hybridized carbons (Fsp3) is 0.138. The van der Waals surface area contributed by atoms with Crippen molar-refractivity contribution in [2.45, 2.75) is 27.7 Å². The highest BCUT2D eigenvalue weighted by Gasteiger charge is 2.26. The summed E-state index contributed by atoms with van der Waals surface area (Å²) in [6, 6.07) is 18.1. The second-order valence-electron chi connectivity index (χ2n) is 8.45. The minimum absolute atomic E-state index is 0.00556. The van der Waals surface area contributed by atoms with Crippen molar-refractivity contribution in [3.05, 3.63) is 71.8 Å². The predicted octanol–water partition coefficient (Wildman–Crippen LogP) is 5.56. The van der Waals surface area contributed by atoms with Gasteiger partial charge in [-0.3, -0.25) is 19.2 Å². The number of carbonyl (C=O) groups excluding carboxylic acids is 4. The molecule has 4 rings (SSSR count). The van der Waals surface area contributed by atoms with Crippen LogP contribution in [-0.2, 0) is 19.2 Å². The van der Waals surface area contributed by atoms with Gasteiger partial charge in [-0.15, -0.1) is 0 Å². The summed E-state index contributed by atoms with van der Waals surface area (Å²) in [5, 5.41) is 4.89. The highest BCUT2D eigenvalue weighted by atomic mass is 35.5. The Morgan fingerprint density at radius 3 is 1.60 bits per heavy atom. The van der Waals surface area contributed by atoms with E-state index in [0.29, 0.717) is 11.3 Å². The van der Waals surface area contributed by atoms with Gasteiger partial charge in [0.1, 0.15) is 17.2 Å². The van der Waals surface area contributed by atoms with Crippen molar-refractivity contribution in [3.8, 4) is 51.2 Å². The molecular weight excluding hydrogens is 540 g/mol. The summed E-state index contributed by atoms with van der Waals surface area (Å²) in [5.74, 6) is -2.38. The van der Waals surface area contributed by atoms with E-state index in [1.807, 2.05) is 30.3 Å². The molecule has 0 saturated heterocycles. The highest BCUT2D eigenvalue weighted by molar-refractivity contribution is 6.31. The Bertz CT molecular complexity index is 1560. The van der Waals surface area contributed by atoms with Gasteiger partial charge in [-0.1, -0.05) is 48.0 Å². The van der Waals surface area contributed by atoms with Crippen LogP contribution in [0.3, 0.4) is 0 Å². The van der Waals surface area contributed by atoms with Gasteiger partial charge in [0, 0.05) is 50.4 Å². The van der Waals surface area contributed by atoms with E-state index >= 15 is 0 Å². The normalized spacial score (nSPS) is 10.5. The standard InChI is InChI=1S/C29H23ClN2O8/c1-16(33)37-24-11-8-12-25(38-17(2)34)29(24)32-23(20-9-6-5-7-10-20)15-22(31-32)28-26(39-18(3)35)13-21(30)14-27(28)40-19(4)36/h5-15H,1-4H3. The Kier molecular flexibility index (Phi) is 8.30. The second-order valence-corrected chi connectivity index (χ2v) is 8.88. The monoisotopic (exact) mass is 562 g/mol. The van der Waals surface area contributed by atoms with Crippen LogP contribution in [-0.4, -0.2) is 33.7 Å². The number of rotatable bonds is 7. The number of benzene rings is 3. The Morgan fingerprint density at radius 1 is 0.650 bits per heavy atom. The van der Waals surface area contributed by atoms with Crippen molar-refractivity contribution < 1.29 is 38.1 Å². The molecule has 1 heterocycles. The van der Waals surface area contributed by atoms with Crippen LogP contribution in [0.15, 0.2) is 66.7 Å². The van der Waals surface area contributed by atoms with Gasteiger partial charge in [-0.25, -0.2) is 4.68 Å². The van der Waals surface area contributed by atoms with Crippen LogP contribution in [0.4, 0.5) is 0 Å². The molecule has 0 fully saturated rings. The van der Waals surface area contributed by atoms with Crippen molar-refractivity contribution in [2.24, 2.45) is 0 Å². The van der Waals surface area contributed by atoms with Crippen LogP contribution >= 0.6 is 11.6 Å². The van der Waals surface area contributed by atoms with Crippen LogP contribution in [0.25, 0.3) is 28.2 Å². The number of esters is 4. The smallest absolute Gasteiger partial charge is 0.308 e. The molecule has 0 radical (unpaired) electrons. The number of aromatic nitrogens is 2. The number of hydrogen-bond acceptors (Lipinski definition) is 9. The van der Waals surface area contributed by atoms with Crippen molar-refractivity contribution in [1.82, 2.24) is 9.78 Å². The summed E-state index contributed by atoms with van der Waals surface area (Å²) < 4.78 is 23.1. The summed E-state index contributed by atoms with van der Waals surface area (Å²) >= 11 is 6.24. The van der Waals surface area contributed by atoms with Crippen LogP contribution < -0.4 is 18.9 Å². The summed E-state index contributed by atoms with van der Waals surface area (Å²) in [6.45, 7) is 4.90. The number of ether oxygens (including phenoxy) is 4. The average molecular weight is 563 g/mol. The molecular formula is C29H23ClN2O8. The molecule has 0 bridgehead atoms. The maximum atomic E-state index is 12.0. The van der Waals surface area contributed by atoms with E-state index in [-0.39, 0.29) is 45.0 Å². The minimum atomic E-state index is -0.641. The van der Waals surface area contributed by atoms with Crippen LogP contribution in [0.2, 0.25) is 5.02 Å². The van der Waals surface area contributed by atoms with Crippen molar-refractivity contribution in [1.29, 1.82) is 0 Å². The van der Waals surface area contributed by atoms with E-state index in [1.54, 1.807) is 12.1 Å². The zero-order valence-corrected chi connectivity index (χ0v) is 22.6. The molecule has 0 atom stereocenters. The Morgan fingerprint density at radius 2 is 1.12 bits per heavy atom. The molecule has 0 N–H and O–H groups in total. The van der Waals surface area contributed by atoms with Gasteiger partial charge >= 0.3 is 23.9 Å². The van der Waals surface area contributed by atoms with E-state index in [4.69, 9.17) is 35.6 Å². The first-order valence-electron chi connectivity index (χ1n) is 11.9. The third-order valence-electron chi connectivity index (χ3n) is 5.25. The lowest BCUT2D eigenvalue weighted by Gasteiger charge is -2.16. The zero-order chi connectivity index (χ0) is 29.0. The van der Waals surface area contributed by atoms with Gasteiger partial charge in [0.05, 0.1) is 11.3 Å². The van der Waals surface area contributed by atoms with Crippen LogP contribution in [0, 0.1) is 0 Å². The number of hydrogen-bond donors (Lipinski definition) is 0. The topological polar surface area (TPSA) is 123 Å². The number of para-hydroxylation sites is 1. The lowest BCUT2D eigenvalue weighted by Crippen LogP contribution is -2.11. The van der Waals surface area contributed by atoms with Gasteiger partial charge < -0.3 is 18.9 Å². The SMILES string of the molecule is CC(=O)Oc1cc(Cl)cc(OC(C)=O)c1-c1cc(-c2ccccc2)n(-c2c(OC(C)=O)cccc2OC(C)=O)n1. The van der Waals surface area contributed by atoms with E-state index in [9.17, 15) is 19.2 Å². The quantitative estimate of drug-likeness (QED) is 0.210. The molecule has 0 aliphatic rings. The largest absolute Gasteiger partial charge is 0.426 e. The van der Waals surface area contributed by atoms with Gasteiger partial charge in [-0.2, -0.15) is 5.10 Å². The van der Waals surface area contributed by atoms with Gasteiger partial charge in [0.15, 0.2) is 17.2 Å². The summed E-state index contributed by atoms with van der Waals surface area (Å²) in [7, 11) is 0. The highest BCUT2D eigenvalue weighted by Crippen LogP contribution is 2.44.